The van der Waals surface area contributed by atoms with Gasteiger partial charge in [-0.1, -0.05) is 17.7 Å². The third-order valence-corrected chi connectivity index (χ3v) is 4.03. The van der Waals surface area contributed by atoms with E-state index in [9.17, 15) is 9.59 Å². The van der Waals surface area contributed by atoms with E-state index in [2.05, 4.69) is 0 Å². The van der Waals surface area contributed by atoms with Gasteiger partial charge in [-0.15, -0.1) is 0 Å². The number of hydrogen-bond donors (Lipinski definition) is 1. The number of carbonyl (C=O) groups excluding carboxylic acids is 2. The molecule has 0 atom stereocenters. The molecule has 3 rings (SSSR count). The Morgan fingerprint density at radius 3 is 2.41 bits per heavy atom. The molecule has 1 aliphatic rings. The fourth-order valence-electron chi connectivity index (χ4n) is 2.81. The van der Waals surface area contributed by atoms with Crippen molar-refractivity contribution in [1.29, 1.82) is 0 Å². The third-order valence-electron chi connectivity index (χ3n) is 4.03. The molecule has 1 aliphatic heterocycles. The Bertz CT molecular complexity index is 735. The molecule has 4 nitrogen and oxygen atoms in total. The molecule has 4 heteroatoms. The standard InChI is InChI=1S/C18H18N2O2/c1-12-4-6-13(7-5-12)18(22)20-10-2-3-14-11-15(17(19)21)8-9-16(14)20/h4-9,11H,2-3,10H2,1H3,(H2,19,21). The molecule has 0 saturated heterocycles. The fraction of sp³-hybridized carbons (Fsp3) is 0.222. The number of fused-ring (bicyclic) bond motifs is 1. The van der Waals surface area contributed by atoms with Gasteiger partial charge < -0.3 is 10.6 Å². The molecule has 0 aliphatic carbocycles. The highest BCUT2D eigenvalue weighted by Crippen LogP contribution is 2.29. The molecule has 2 aromatic rings. The van der Waals surface area contributed by atoms with Crippen LogP contribution in [0.25, 0.3) is 0 Å². The third kappa shape index (κ3) is 2.60. The highest BCUT2D eigenvalue weighted by atomic mass is 16.2. The van der Waals surface area contributed by atoms with Crippen molar-refractivity contribution in [2.24, 2.45) is 5.73 Å². The molecule has 0 radical (unpaired) electrons. The largest absolute Gasteiger partial charge is 0.366 e. The lowest BCUT2D eigenvalue weighted by Gasteiger charge is -2.30. The van der Waals surface area contributed by atoms with Crippen LogP contribution in [0.1, 0.15) is 38.3 Å². The second kappa shape index (κ2) is 5.64. The van der Waals surface area contributed by atoms with E-state index in [1.54, 1.807) is 17.0 Å². The average Bonchev–Trinajstić information content (AvgIpc) is 2.53. The van der Waals surface area contributed by atoms with Crippen LogP contribution in [0, 0.1) is 6.92 Å². The van der Waals surface area contributed by atoms with E-state index >= 15 is 0 Å². The van der Waals surface area contributed by atoms with Crippen LogP contribution >= 0.6 is 0 Å². The number of rotatable bonds is 2. The predicted molar refractivity (Wildman–Crippen MR) is 86.1 cm³/mol. The van der Waals surface area contributed by atoms with E-state index in [4.69, 9.17) is 5.73 Å². The fourth-order valence-corrected chi connectivity index (χ4v) is 2.81. The number of primary amides is 1. The van der Waals surface area contributed by atoms with Gasteiger partial charge in [0.2, 0.25) is 5.91 Å². The number of aryl methyl sites for hydroxylation is 2. The predicted octanol–water partition coefficient (Wildman–Crippen LogP) is 2.69. The van der Waals surface area contributed by atoms with Gasteiger partial charge in [0.25, 0.3) is 5.91 Å². The second-order valence-electron chi connectivity index (χ2n) is 5.63. The van der Waals surface area contributed by atoms with E-state index in [-0.39, 0.29) is 5.91 Å². The normalized spacial score (nSPS) is 13.6. The van der Waals surface area contributed by atoms with Crippen molar-refractivity contribution in [3.8, 4) is 0 Å². The summed E-state index contributed by atoms with van der Waals surface area (Å²) in [7, 11) is 0. The minimum atomic E-state index is -0.440. The Hall–Kier alpha value is -2.62. The molecule has 22 heavy (non-hydrogen) atoms. The van der Waals surface area contributed by atoms with Crippen LogP contribution in [0.15, 0.2) is 42.5 Å². The van der Waals surface area contributed by atoms with Crippen LogP contribution in [0.4, 0.5) is 5.69 Å². The van der Waals surface area contributed by atoms with Crippen molar-refractivity contribution in [3.63, 3.8) is 0 Å². The number of nitrogens with zero attached hydrogens (tertiary/aromatic N) is 1. The second-order valence-corrected chi connectivity index (χ2v) is 5.63. The monoisotopic (exact) mass is 294 g/mol. The van der Waals surface area contributed by atoms with Crippen LogP contribution in [0.2, 0.25) is 0 Å². The van der Waals surface area contributed by atoms with Crippen molar-refractivity contribution in [3.05, 3.63) is 64.7 Å². The number of nitrogens with two attached hydrogens (primary N) is 1. The van der Waals surface area contributed by atoms with E-state index in [1.165, 1.54) is 0 Å². The minimum absolute atomic E-state index is 0.00669. The van der Waals surface area contributed by atoms with Crippen LogP contribution in [0.5, 0.6) is 0 Å². The van der Waals surface area contributed by atoms with Gasteiger partial charge in [-0.3, -0.25) is 9.59 Å². The van der Waals surface area contributed by atoms with E-state index in [0.29, 0.717) is 17.7 Å². The Morgan fingerprint density at radius 2 is 1.73 bits per heavy atom. The Labute approximate surface area is 129 Å². The maximum atomic E-state index is 12.7. The first-order chi connectivity index (χ1) is 10.6. The van der Waals surface area contributed by atoms with Gasteiger partial charge in [0.05, 0.1) is 0 Å². The van der Waals surface area contributed by atoms with Crippen molar-refractivity contribution in [2.45, 2.75) is 19.8 Å². The summed E-state index contributed by atoms with van der Waals surface area (Å²) in [6.45, 7) is 2.69. The topological polar surface area (TPSA) is 63.4 Å². The maximum absolute atomic E-state index is 12.7. The van der Waals surface area contributed by atoms with Gasteiger partial charge >= 0.3 is 0 Å². The molecule has 0 fully saturated rings. The van der Waals surface area contributed by atoms with Crippen LogP contribution < -0.4 is 10.6 Å². The van der Waals surface area contributed by atoms with Crippen LogP contribution in [-0.2, 0) is 6.42 Å². The van der Waals surface area contributed by atoms with E-state index < -0.39 is 5.91 Å². The Morgan fingerprint density at radius 1 is 1.05 bits per heavy atom. The SMILES string of the molecule is Cc1ccc(C(=O)N2CCCc3cc(C(N)=O)ccc32)cc1. The van der Waals surface area contributed by atoms with Gasteiger partial charge in [-0.05, 0) is 55.7 Å². The molecule has 2 N–H and O–H groups in total. The summed E-state index contributed by atoms with van der Waals surface area (Å²) in [5.41, 5.74) is 9.50. The van der Waals surface area contributed by atoms with E-state index in [0.717, 1.165) is 29.7 Å². The first-order valence-corrected chi connectivity index (χ1v) is 7.37. The number of hydrogen-bond acceptors (Lipinski definition) is 2. The summed E-state index contributed by atoms with van der Waals surface area (Å²) < 4.78 is 0. The number of carbonyl (C=O) groups is 2. The molecular weight excluding hydrogens is 276 g/mol. The smallest absolute Gasteiger partial charge is 0.258 e. The van der Waals surface area contributed by atoms with Gasteiger partial charge in [0, 0.05) is 23.4 Å². The minimum Gasteiger partial charge on any atom is -0.366 e. The summed E-state index contributed by atoms with van der Waals surface area (Å²) in [6.07, 6.45) is 1.74. The van der Waals surface area contributed by atoms with Crippen LogP contribution in [-0.4, -0.2) is 18.4 Å². The summed E-state index contributed by atoms with van der Waals surface area (Å²) in [4.78, 5) is 25.8. The lowest BCUT2D eigenvalue weighted by Crippen LogP contribution is -2.35. The molecule has 112 valence electrons. The molecule has 0 bridgehead atoms. The first-order valence-electron chi connectivity index (χ1n) is 7.37. The molecule has 0 spiro atoms. The summed E-state index contributed by atoms with van der Waals surface area (Å²) >= 11 is 0. The molecular formula is C18H18N2O2. The Balaban J connectivity index is 1.96. The quantitative estimate of drug-likeness (QED) is 0.925. The highest BCUT2D eigenvalue weighted by molar-refractivity contribution is 6.07. The van der Waals surface area contributed by atoms with Gasteiger partial charge in [0.1, 0.15) is 0 Å². The molecule has 0 saturated carbocycles. The van der Waals surface area contributed by atoms with Gasteiger partial charge in [-0.2, -0.15) is 0 Å². The molecule has 2 amide bonds. The van der Waals surface area contributed by atoms with E-state index in [1.807, 2.05) is 37.3 Å². The van der Waals surface area contributed by atoms with Crippen molar-refractivity contribution >= 4 is 17.5 Å². The van der Waals surface area contributed by atoms with Gasteiger partial charge in [-0.25, -0.2) is 0 Å². The molecule has 1 heterocycles. The first kappa shape index (κ1) is 14.3. The van der Waals surface area contributed by atoms with Gasteiger partial charge in [0.15, 0.2) is 0 Å². The van der Waals surface area contributed by atoms with Crippen molar-refractivity contribution in [2.75, 3.05) is 11.4 Å². The number of benzene rings is 2. The average molecular weight is 294 g/mol. The molecule has 0 aromatic heterocycles. The summed E-state index contributed by atoms with van der Waals surface area (Å²) in [5, 5.41) is 0. The zero-order chi connectivity index (χ0) is 15.7. The molecule has 2 aromatic carbocycles. The van der Waals surface area contributed by atoms with Crippen LogP contribution in [0.3, 0.4) is 0 Å². The molecule has 0 unspecified atom stereocenters. The number of anilines is 1. The zero-order valence-electron chi connectivity index (χ0n) is 12.5. The number of amides is 2. The summed E-state index contributed by atoms with van der Waals surface area (Å²) in [5.74, 6) is -0.447. The highest BCUT2D eigenvalue weighted by Gasteiger charge is 2.24. The maximum Gasteiger partial charge on any atom is 0.258 e. The van der Waals surface area contributed by atoms with Crippen molar-refractivity contribution < 1.29 is 9.59 Å². The summed E-state index contributed by atoms with van der Waals surface area (Å²) in [6, 6.07) is 12.9. The Kier molecular flexibility index (Phi) is 3.67. The van der Waals surface area contributed by atoms with Crippen molar-refractivity contribution in [1.82, 2.24) is 0 Å². The lowest BCUT2D eigenvalue weighted by atomic mass is 9.98. The zero-order valence-corrected chi connectivity index (χ0v) is 12.5. The lowest BCUT2D eigenvalue weighted by molar-refractivity contribution is 0.0983.